The van der Waals surface area contributed by atoms with Crippen LogP contribution in [0.5, 0.6) is 11.5 Å². The van der Waals surface area contributed by atoms with Crippen molar-refractivity contribution < 1.29 is 9.47 Å². The van der Waals surface area contributed by atoms with Gasteiger partial charge in [-0.05, 0) is 31.0 Å². The highest BCUT2D eigenvalue weighted by atomic mass is 16.5. The fourth-order valence-electron chi connectivity index (χ4n) is 2.86. The number of pyridine rings is 1. The molecule has 0 spiro atoms. The Bertz CT molecular complexity index is 731. The van der Waals surface area contributed by atoms with Gasteiger partial charge in [-0.3, -0.25) is 4.79 Å². The number of benzene rings is 1. The molecule has 0 atom stereocenters. The molecule has 2 aromatic rings. The van der Waals surface area contributed by atoms with E-state index in [4.69, 9.17) is 9.47 Å². The second kappa shape index (κ2) is 4.71. The number of hydrogen-bond acceptors (Lipinski definition) is 3. The third-order valence-corrected chi connectivity index (χ3v) is 3.91. The maximum absolute atomic E-state index is 12.2. The fraction of sp³-hybridized carbons (Fsp3) is 0.312. The van der Waals surface area contributed by atoms with Crippen molar-refractivity contribution >= 4 is 0 Å². The Labute approximate surface area is 117 Å². The Balaban J connectivity index is 2.34. The number of hydrogen-bond donors (Lipinski definition) is 0. The topological polar surface area (TPSA) is 40.5 Å². The average molecular weight is 271 g/mol. The summed E-state index contributed by atoms with van der Waals surface area (Å²) in [5.74, 6) is 1.43. The maximum atomic E-state index is 12.2. The molecular formula is C16H17NO3. The lowest BCUT2D eigenvalue weighted by atomic mass is 9.94. The van der Waals surface area contributed by atoms with Crippen LogP contribution in [0.15, 0.2) is 29.1 Å². The van der Waals surface area contributed by atoms with Gasteiger partial charge in [0.15, 0.2) is 0 Å². The van der Waals surface area contributed by atoms with E-state index in [0.29, 0.717) is 12.3 Å². The van der Waals surface area contributed by atoms with Crippen LogP contribution in [0.2, 0.25) is 0 Å². The zero-order valence-corrected chi connectivity index (χ0v) is 11.9. The third kappa shape index (κ3) is 1.80. The van der Waals surface area contributed by atoms with Gasteiger partial charge in [-0.1, -0.05) is 6.07 Å². The molecular weight excluding hydrogens is 254 g/mol. The lowest BCUT2D eigenvalue weighted by Crippen LogP contribution is -2.26. The van der Waals surface area contributed by atoms with Gasteiger partial charge < -0.3 is 14.0 Å². The molecule has 20 heavy (non-hydrogen) atoms. The maximum Gasteiger partial charge on any atom is 0.254 e. The molecule has 1 aromatic heterocycles. The van der Waals surface area contributed by atoms with Gasteiger partial charge >= 0.3 is 0 Å². The molecule has 0 fully saturated rings. The molecule has 0 aliphatic carbocycles. The summed E-state index contributed by atoms with van der Waals surface area (Å²) in [6.45, 7) is 2.69. The Hall–Kier alpha value is -2.23. The summed E-state index contributed by atoms with van der Waals surface area (Å²) in [5.41, 5.74) is 4.21. The Morgan fingerprint density at radius 2 is 1.95 bits per heavy atom. The van der Waals surface area contributed by atoms with Crippen LogP contribution in [-0.4, -0.2) is 18.8 Å². The van der Waals surface area contributed by atoms with Crippen LogP contribution in [-0.2, 0) is 13.0 Å². The number of aromatic nitrogens is 1. The number of fused-ring (bicyclic) bond motifs is 3. The number of aryl methyl sites for hydroxylation is 1. The molecule has 0 saturated carbocycles. The van der Waals surface area contributed by atoms with Crippen LogP contribution >= 0.6 is 0 Å². The van der Waals surface area contributed by atoms with E-state index in [0.717, 1.165) is 29.0 Å². The first-order valence-corrected chi connectivity index (χ1v) is 6.61. The summed E-state index contributed by atoms with van der Waals surface area (Å²) >= 11 is 0. The quantitative estimate of drug-likeness (QED) is 0.842. The highest BCUT2D eigenvalue weighted by molar-refractivity contribution is 5.72. The van der Waals surface area contributed by atoms with E-state index in [-0.39, 0.29) is 5.56 Å². The first-order chi connectivity index (χ1) is 9.65. The van der Waals surface area contributed by atoms with Crippen LogP contribution < -0.4 is 15.0 Å². The minimum atomic E-state index is -0.0177. The van der Waals surface area contributed by atoms with Gasteiger partial charge in [-0.2, -0.15) is 0 Å². The van der Waals surface area contributed by atoms with Crippen molar-refractivity contribution in [2.75, 3.05) is 14.2 Å². The van der Waals surface area contributed by atoms with Crippen LogP contribution in [0.1, 0.15) is 11.1 Å². The second-order valence-corrected chi connectivity index (χ2v) is 4.95. The van der Waals surface area contributed by atoms with Crippen LogP contribution in [0, 0.1) is 6.92 Å². The van der Waals surface area contributed by atoms with Crippen molar-refractivity contribution in [3.63, 3.8) is 0 Å². The second-order valence-electron chi connectivity index (χ2n) is 4.95. The minimum Gasteiger partial charge on any atom is -0.497 e. The average Bonchev–Trinajstić information content (AvgIpc) is 2.49. The molecule has 1 aliphatic heterocycles. The molecule has 0 N–H and O–H groups in total. The SMILES string of the molecule is COc1ccc2c(c1)-c1c(C)c(OC)cc(=O)n1CC2. The fourth-order valence-corrected chi connectivity index (χ4v) is 2.86. The lowest BCUT2D eigenvalue weighted by Gasteiger charge is -2.25. The normalized spacial score (nSPS) is 12.6. The molecule has 104 valence electrons. The van der Waals surface area contributed by atoms with Crippen LogP contribution in [0.4, 0.5) is 0 Å². The highest BCUT2D eigenvalue weighted by Crippen LogP contribution is 2.36. The van der Waals surface area contributed by atoms with Gasteiger partial charge in [0.1, 0.15) is 11.5 Å². The molecule has 0 amide bonds. The van der Waals surface area contributed by atoms with E-state index in [9.17, 15) is 4.79 Å². The van der Waals surface area contributed by atoms with Crippen molar-refractivity contribution in [3.8, 4) is 22.8 Å². The first kappa shape index (κ1) is 12.8. The summed E-state index contributed by atoms with van der Waals surface area (Å²) in [5, 5.41) is 0. The Morgan fingerprint density at radius 1 is 1.15 bits per heavy atom. The van der Waals surface area contributed by atoms with E-state index in [1.54, 1.807) is 20.3 Å². The van der Waals surface area contributed by atoms with Crippen molar-refractivity contribution in [2.24, 2.45) is 0 Å². The monoisotopic (exact) mass is 271 g/mol. The molecule has 0 unspecified atom stereocenters. The highest BCUT2D eigenvalue weighted by Gasteiger charge is 2.21. The van der Waals surface area contributed by atoms with E-state index in [1.165, 1.54) is 5.56 Å². The Kier molecular flexibility index (Phi) is 3.01. The number of rotatable bonds is 2. The summed E-state index contributed by atoms with van der Waals surface area (Å²) in [6, 6.07) is 7.58. The zero-order chi connectivity index (χ0) is 14.3. The molecule has 0 bridgehead atoms. The molecule has 0 saturated heterocycles. The molecule has 2 heterocycles. The smallest absolute Gasteiger partial charge is 0.254 e. The van der Waals surface area contributed by atoms with E-state index >= 15 is 0 Å². The van der Waals surface area contributed by atoms with Crippen LogP contribution in [0.3, 0.4) is 0 Å². The number of nitrogens with zero attached hydrogens (tertiary/aromatic N) is 1. The van der Waals surface area contributed by atoms with Gasteiger partial charge in [-0.15, -0.1) is 0 Å². The van der Waals surface area contributed by atoms with E-state index in [2.05, 4.69) is 6.07 Å². The van der Waals surface area contributed by atoms with Crippen molar-refractivity contribution in [1.29, 1.82) is 0 Å². The molecule has 4 nitrogen and oxygen atoms in total. The van der Waals surface area contributed by atoms with Gasteiger partial charge in [0, 0.05) is 23.7 Å². The molecule has 0 radical (unpaired) electrons. The first-order valence-electron chi connectivity index (χ1n) is 6.61. The standard InChI is InChI=1S/C16H17NO3/c1-10-14(20-3)9-15(18)17-7-6-11-4-5-12(19-2)8-13(11)16(10)17/h4-5,8-9H,6-7H2,1-3H3. The van der Waals surface area contributed by atoms with Crippen molar-refractivity contribution in [2.45, 2.75) is 19.9 Å². The van der Waals surface area contributed by atoms with E-state index in [1.807, 2.05) is 23.6 Å². The summed E-state index contributed by atoms with van der Waals surface area (Å²) in [7, 11) is 3.24. The van der Waals surface area contributed by atoms with Gasteiger partial charge in [0.05, 0.1) is 19.9 Å². The number of ether oxygens (including phenoxy) is 2. The minimum absolute atomic E-state index is 0.0177. The summed E-state index contributed by atoms with van der Waals surface area (Å²) in [6.07, 6.45) is 0.859. The Morgan fingerprint density at radius 3 is 2.65 bits per heavy atom. The summed E-state index contributed by atoms with van der Waals surface area (Å²) < 4.78 is 12.4. The molecule has 4 heteroatoms. The van der Waals surface area contributed by atoms with Crippen molar-refractivity contribution in [3.05, 3.63) is 45.7 Å². The van der Waals surface area contributed by atoms with Gasteiger partial charge in [-0.25, -0.2) is 0 Å². The molecule has 1 aliphatic rings. The number of methoxy groups -OCH3 is 2. The largest absolute Gasteiger partial charge is 0.497 e. The van der Waals surface area contributed by atoms with Gasteiger partial charge in [0.2, 0.25) is 0 Å². The van der Waals surface area contributed by atoms with Crippen molar-refractivity contribution in [1.82, 2.24) is 4.57 Å². The van der Waals surface area contributed by atoms with Crippen LogP contribution in [0.25, 0.3) is 11.3 Å². The predicted octanol–water partition coefficient (Wildman–Crippen LogP) is 2.40. The third-order valence-electron chi connectivity index (χ3n) is 3.91. The zero-order valence-electron chi connectivity index (χ0n) is 11.9. The molecule has 1 aromatic carbocycles. The predicted molar refractivity (Wildman–Crippen MR) is 77.7 cm³/mol. The van der Waals surface area contributed by atoms with E-state index < -0.39 is 0 Å². The molecule has 3 rings (SSSR count). The van der Waals surface area contributed by atoms with Gasteiger partial charge in [0.25, 0.3) is 5.56 Å². The summed E-state index contributed by atoms with van der Waals surface area (Å²) in [4.78, 5) is 12.2. The lowest BCUT2D eigenvalue weighted by molar-refractivity contribution is 0.408.